The van der Waals surface area contributed by atoms with Crippen molar-refractivity contribution in [3.63, 3.8) is 0 Å². The van der Waals surface area contributed by atoms with E-state index in [1.54, 1.807) is 15.6 Å². The number of nitrogens with one attached hydrogen (secondary N) is 1. The van der Waals surface area contributed by atoms with Gasteiger partial charge in [0.2, 0.25) is 0 Å². The van der Waals surface area contributed by atoms with Crippen LogP contribution < -0.4 is 5.32 Å². The molecule has 2 N–H and O–H groups in total. The molecule has 2 amide bonds. The lowest BCUT2D eigenvalue weighted by Crippen LogP contribution is -2.49. The van der Waals surface area contributed by atoms with Crippen LogP contribution >= 0.6 is 11.6 Å². The molecule has 3 rings (SSSR count). The number of aromatic nitrogens is 2. The van der Waals surface area contributed by atoms with Crippen molar-refractivity contribution in [2.45, 2.75) is 32.2 Å². The van der Waals surface area contributed by atoms with E-state index in [2.05, 4.69) is 10.4 Å². The van der Waals surface area contributed by atoms with Gasteiger partial charge in [0, 0.05) is 23.3 Å². The molecular formula is C17H21ClN4O2. The van der Waals surface area contributed by atoms with Crippen LogP contribution in [0.15, 0.2) is 30.3 Å². The van der Waals surface area contributed by atoms with Crippen molar-refractivity contribution in [2.24, 2.45) is 0 Å². The highest BCUT2D eigenvalue weighted by molar-refractivity contribution is 6.30. The van der Waals surface area contributed by atoms with Crippen molar-refractivity contribution in [2.75, 3.05) is 18.5 Å². The molecule has 1 aromatic carbocycles. The first-order chi connectivity index (χ1) is 11.4. The minimum Gasteiger partial charge on any atom is -0.394 e. The molecule has 6 nitrogen and oxygen atoms in total. The van der Waals surface area contributed by atoms with Gasteiger partial charge in [-0.15, -0.1) is 5.10 Å². The third-order valence-corrected chi connectivity index (χ3v) is 4.74. The molecular weight excluding hydrogens is 328 g/mol. The van der Waals surface area contributed by atoms with Gasteiger partial charge in [0.05, 0.1) is 17.8 Å². The van der Waals surface area contributed by atoms with E-state index in [1.807, 2.05) is 38.1 Å². The summed E-state index contributed by atoms with van der Waals surface area (Å²) in [5, 5.41) is 17.5. The summed E-state index contributed by atoms with van der Waals surface area (Å²) in [4.78, 5) is 14.2. The predicted molar refractivity (Wildman–Crippen MR) is 93.8 cm³/mol. The summed E-state index contributed by atoms with van der Waals surface area (Å²) in [6.45, 7) is 4.40. The van der Waals surface area contributed by atoms with Crippen LogP contribution in [0.25, 0.3) is 5.69 Å². The first-order valence-corrected chi connectivity index (χ1v) is 8.33. The summed E-state index contributed by atoms with van der Waals surface area (Å²) in [5.74, 6) is 0.477. The number of likely N-dealkylation sites (tertiary alicyclic amines) is 1. The topological polar surface area (TPSA) is 70.4 Å². The Morgan fingerprint density at radius 3 is 2.96 bits per heavy atom. The monoisotopic (exact) mass is 348 g/mol. The zero-order valence-electron chi connectivity index (χ0n) is 13.8. The second-order valence-corrected chi connectivity index (χ2v) is 6.84. The fourth-order valence-electron chi connectivity index (χ4n) is 3.12. The molecule has 2 heterocycles. The average Bonchev–Trinajstić information content (AvgIpc) is 3.11. The minimum atomic E-state index is -0.505. The van der Waals surface area contributed by atoms with Crippen LogP contribution in [0.4, 0.5) is 10.6 Å². The number of carbonyl (C=O) groups excluding carboxylic acids is 1. The second kappa shape index (κ2) is 6.45. The molecule has 0 bridgehead atoms. The summed E-state index contributed by atoms with van der Waals surface area (Å²) in [7, 11) is 0. The minimum absolute atomic E-state index is 0.0452. The highest BCUT2D eigenvalue weighted by atomic mass is 35.5. The Bertz CT molecular complexity index is 761. The molecule has 1 aliphatic rings. The lowest BCUT2D eigenvalue weighted by Gasteiger charge is -2.33. The van der Waals surface area contributed by atoms with Gasteiger partial charge < -0.3 is 10.0 Å². The Kier molecular flexibility index (Phi) is 4.51. The molecule has 1 atom stereocenters. The van der Waals surface area contributed by atoms with Crippen LogP contribution in [-0.2, 0) is 0 Å². The Morgan fingerprint density at radius 2 is 2.25 bits per heavy atom. The Labute approximate surface area is 146 Å². The highest BCUT2D eigenvalue weighted by Gasteiger charge is 2.39. The number of aliphatic hydroxyl groups is 1. The van der Waals surface area contributed by atoms with Gasteiger partial charge >= 0.3 is 6.03 Å². The van der Waals surface area contributed by atoms with E-state index >= 15 is 0 Å². The van der Waals surface area contributed by atoms with E-state index in [9.17, 15) is 9.90 Å². The van der Waals surface area contributed by atoms with E-state index in [1.165, 1.54) is 0 Å². The Balaban J connectivity index is 1.79. The normalized spacial score (nSPS) is 20.4. The Hall–Kier alpha value is -2.05. The molecule has 1 aliphatic heterocycles. The SMILES string of the molecule is Cc1cc(NC(=O)N2CCC[C@@]2(C)CO)nn1-c1cccc(Cl)c1. The molecule has 2 aromatic rings. The number of anilines is 1. The van der Waals surface area contributed by atoms with Gasteiger partial charge in [-0.1, -0.05) is 17.7 Å². The lowest BCUT2D eigenvalue weighted by molar-refractivity contribution is 0.104. The fourth-order valence-corrected chi connectivity index (χ4v) is 3.30. The van der Waals surface area contributed by atoms with Gasteiger partial charge in [-0.05, 0) is 44.9 Å². The molecule has 24 heavy (non-hydrogen) atoms. The number of halogens is 1. The van der Waals surface area contributed by atoms with E-state index < -0.39 is 5.54 Å². The van der Waals surface area contributed by atoms with Gasteiger partial charge in [-0.25, -0.2) is 9.48 Å². The quantitative estimate of drug-likeness (QED) is 0.894. The van der Waals surface area contributed by atoms with E-state index in [0.29, 0.717) is 17.4 Å². The fraction of sp³-hybridized carbons (Fsp3) is 0.412. The summed E-state index contributed by atoms with van der Waals surface area (Å²) in [6.07, 6.45) is 1.69. The molecule has 1 fully saturated rings. The number of hydrogen-bond acceptors (Lipinski definition) is 3. The van der Waals surface area contributed by atoms with Crippen molar-refractivity contribution in [1.82, 2.24) is 14.7 Å². The number of amides is 2. The van der Waals surface area contributed by atoms with Gasteiger partial charge in [-0.2, -0.15) is 0 Å². The molecule has 0 saturated carbocycles. The zero-order chi connectivity index (χ0) is 17.3. The highest BCUT2D eigenvalue weighted by Crippen LogP contribution is 2.29. The van der Waals surface area contributed by atoms with Crippen LogP contribution in [0.2, 0.25) is 5.02 Å². The molecule has 128 valence electrons. The van der Waals surface area contributed by atoms with Crippen LogP contribution in [0.5, 0.6) is 0 Å². The number of carbonyl (C=O) groups is 1. The molecule has 0 aliphatic carbocycles. The largest absolute Gasteiger partial charge is 0.394 e. The zero-order valence-corrected chi connectivity index (χ0v) is 14.5. The maximum atomic E-state index is 12.5. The van der Waals surface area contributed by atoms with Crippen molar-refractivity contribution >= 4 is 23.4 Å². The van der Waals surface area contributed by atoms with Gasteiger partial charge in [-0.3, -0.25) is 5.32 Å². The first kappa shape index (κ1) is 16.8. The van der Waals surface area contributed by atoms with Crippen LogP contribution in [0.3, 0.4) is 0 Å². The molecule has 1 aromatic heterocycles. The lowest BCUT2D eigenvalue weighted by atomic mass is 10.0. The number of benzene rings is 1. The summed E-state index contributed by atoms with van der Waals surface area (Å²) < 4.78 is 1.73. The standard InChI is InChI=1S/C17H21ClN4O2/c1-12-9-15(20-22(12)14-6-3-5-13(18)10-14)19-16(24)21-8-4-7-17(21,2)11-23/h3,5-6,9-10,23H,4,7-8,11H2,1-2H3,(H,19,20,24)/t17-/m0/s1. The number of urea groups is 1. The second-order valence-electron chi connectivity index (χ2n) is 6.40. The van der Waals surface area contributed by atoms with E-state index in [4.69, 9.17) is 11.6 Å². The molecule has 1 saturated heterocycles. The van der Waals surface area contributed by atoms with Crippen LogP contribution in [0.1, 0.15) is 25.5 Å². The average molecular weight is 349 g/mol. The van der Waals surface area contributed by atoms with Crippen molar-refractivity contribution < 1.29 is 9.90 Å². The third kappa shape index (κ3) is 3.12. The van der Waals surface area contributed by atoms with Crippen LogP contribution in [-0.4, -0.2) is 44.5 Å². The van der Waals surface area contributed by atoms with Gasteiger partial charge in [0.15, 0.2) is 5.82 Å². The number of aryl methyl sites for hydroxylation is 1. The van der Waals surface area contributed by atoms with Gasteiger partial charge in [0.1, 0.15) is 0 Å². The number of nitrogens with zero attached hydrogens (tertiary/aromatic N) is 3. The van der Waals surface area contributed by atoms with Crippen LogP contribution in [0, 0.1) is 6.92 Å². The van der Waals surface area contributed by atoms with Gasteiger partial charge in [0.25, 0.3) is 0 Å². The summed E-state index contributed by atoms with van der Waals surface area (Å²) in [5.41, 5.74) is 1.22. The van der Waals surface area contributed by atoms with E-state index in [-0.39, 0.29) is 12.6 Å². The van der Waals surface area contributed by atoms with E-state index in [0.717, 1.165) is 24.2 Å². The smallest absolute Gasteiger partial charge is 0.323 e. The number of rotatable bonds is 3. The Morgan fingerprint density at radius 1 is 1.46 bits per heavy atom. The molecule has 0 radical (unpaired) electrons. The first-order valence-electron chi connectivity index (χ1n) is 7.95. The predicted octanol–water partition coefficient (Wildman–Crippen LogP) is 3.21. The van der Waals surface area contributed by atoms with Crippen molar-refractivity contribution in [3.8, 4) is 5.69 Å². The number of hydrogen-bond donors (Lipinski definition) is 2. The maximum absolute atomic E-state index is 12.5. The maximum Gasteiger partial charge on any atom is 0.323 e. The summed E-state index contributed by atoms with van der Waals surface area (Å²) in [6, 6.07) is 8.95. The van der Waals surface area contributed by atoms with Crippen molar-refractivity contribution in [3.05, 3.63) is 41.0 Å². The summed E-state index contributed by atoms with van der Waals surface area (Å²) >= 11 is 6.03. The molecule has 0 spiro atoms. The molecule has 7 heteroatoms. The number of aliphatic hydroxyl groups excluding tert-OH is 1. The third-order valence-electron chi connectivity index (χ3n) is 4.51. The molecule has 0 unspecified atom stereocenters. The van der Waals surface area contributed by atoms with Crippen molar-refractivity contribution in [1.29, 1.82) is 0 Å².